The Balaban J connectivity index is 1.58. The van der Waals surface area contributed by atoms with Crippen molar-refractivity contribution in [1.82, 2.24) is 10.2 Å². The van der Waals surface area contributed by atoms with Crippen LogP contribution >= 0.6 is 23.4 Å². The van der Waals surface area contributed by atoms with Gasteiger partial charge in [0.05, 0.1) is 5.75 Å². The van der Waals surface area contributed by atoms with Crippen molar-refractivity contribution in [2.75, 3.05) is 11.1 Å². The van der Waals surface area contributed by atoms with Crippen molar-refractivity contribution < 1.29 is 13.6 Å². The first-order chi connectivity index (χ1) is 11.6. The molecule has 122 valence electrons. The molecule has 1 heterocycles. The maximum absolute atomic E-state index is 12.8. The largest absolute Gasteiger partial charge is 0.403 e. The van der Waals surface area contributed by atoms with Gasteiger partial charge in [0.25, 0.3) is 0 Å². The van der Waals surface area contributed by atoms with Crippen LogP contribution in [0, 0.1) is 5.82 Å². The van der Waals surface area contributed by atoms with Crippen molar-refractivity contribution in [1.29, 1.82) is 0 Å². The van der Waals surface area contributed by atoms with Gasteiger partial charge in [-0.05, 0) is 42.5 Å². The minimum atomic E-state index is -0.316. The van der Waals surface area contributed by atoms with Crippen molar-refractivity contribution in [2.45, 2.75) is 4.90 Å². The molecule has 0 spiro atoms. The number of halogens is 2. The lowest BCUT2D eigenvalue weighted by molar-refractivity contribution is -0.113. The van der Waals surface area contributed by atoms with Crippen LogP contribution in [0.3, 0.4) is 0 Å². The number of hydrogen-bond acceptors (Lipinski definition) is 5. The molecule has 1 N–H and O–H groups in total. The Morgan fingerprint density at radius 2 is 2.00 bits per heavy atom. The predicted octanol–water partition coefficient (Wildman–Crippen LogP) is 4.26. The molecule has 0 atom stereocenters. The van der Waals surface area contributed by atoms with Crippen LogP contribution in [0.4, 0.5) is 10.4 Å². The number of benzene rings is 2. The second-order valence-electron chi connectivity index (χ2n) is 4.71. The first-order valence-electron chi connectivity index (χ1n) is 6.88. The van der Waals surface area contributed by atoms with Crippen molar-refractivity contribution in [3.8, 4) is 11.5 Å². The van der Waals surface area contributed by atoms with E-state index in [9.17, 15) is 9.18 Å². The zero-order valence-electron chi connectivity index (χ0n) is 12.2. The normalized spacial score (nSPS) is 10.6. The Bertz CT molecular complexity index is 855. The highest BCUT2D eigenvalue weighted by Crippen LogP contribution is 2.23. The molecule has 3 rings (SSSR count). The summed E-state index contributed by atoms with van der Waals surface area (Å²) in [6, 6.07) is 12.9. The number of carbonyl (C=O) groups is 1. The molecule has 24 heavy (non-hydrogen) atoms. The molecule has 0 aliphatic carbocycles. The summed E-state index contributed by atoms with van der Waals surface area (Å²) in [4.78, 5) is 12.7. The zero-order chi connectivity index (χ0) is 16.9. The molecule has 0 bridgehead atoms. The third-order valence-electron chi connectivity index (χ3n) is 2.93. The first-order valence-corrected chi connectivity index (χ1v) is 8.24. The number of hydrogen-bond donors (Lipinski definition) is 1. The van der Waals surface area contributed by atoms with Crippen LogP contribution in [0.2, 0.25) is 5.02 Å². The quantitative estimate of drug-likeness (QED) is 0.686. The standard InChI is InChI=1S/C16H11ClFN3O2S/c17-11-3-1-2-10(8-11)15-20-21-16(23-15)19-14(22)9-24-13-6-4-12(18)5-7-13/h1-8H,9H2,(H,19,21,22). The summed E-state index contributed by atoms with van der Waals surface area (Å²) >= 11 is 7.18. The molecule has 2 aromatic carbocycles. The number of nitrogens with zero attached hydrogens (tertiary/aromatic N) is 2. The Morgan fingerprint density at radius 1 is 1.21 bits per heavy atom. The topological polar surface area (TPSA) is 68.0 Å². The van der Waals surface area contributed by atoms with Gasteiger partial charge in [0.1, 0.15) is 5.82 Å². The van der Waals surface area contributed by atoms with Gasteiger partial charge in [-0.15, -0.1) is 16.9 Å². The number of aromatic nitrogens is 2. The SMILES string of the molecule is O=C(CSc1ccc(F)cc1)Nc1nnc(-c2cccc(Cl)c2)o1. The van der Waals surface area contributed by atoms with Crippen LogP contribution in [0.1, 0.15) is 0 Å². The second kappa shape index (κ2) is 7.46. The van der Waals surface area contributed by atoms with Crippen LogP contribution in [-0.2, 0) is 4.79 Å². The maximum Gasteiger partial charge on any atom is 0.322 e. The second-order valence-corrected chi connectivity index (χ2v) is 6.20. The fourth-order valence-electron chi connectivity index (χ4n) is 1.85. The molecule has 8 heteroatoms. The van der Waals surface area contributed by atoms with E-state index in [0.717, 1.165) is 4.90 Å². The van der Waals surface area contributed by atoms with Crippen LogP contribution in [0.15, 0.2) is 57.8 Å². The fraction of sp³-hybridized carbons (Fsp3) is 0.0625. The fourth-order valence-corrected chi connectivity index (χ4v) is 2.74. The molecule has 0 aliphatic rings. The average Bonchev–Trinajstić information content (AvgIpc) is 3.03. The highest BCUT2D eigenvalue weighted by Gasteiger charge is 2.12. The van der Waals surface area contributed by atoms with E-state index in [0.29, 0.717) is 10.6 Å². The summed E-state index contributed by atoms with van der Waals surface area (Å²) in [5, 5.41) is 10.7. The van der Waals surface area contributed by atoms with E-state index in [1.807, 2.05) is 0 Å². The van der Waals surface area contributed by atoms with Gasteiger partial charge >= 0.3 is 6.01 Å². The molecule has 1 aromatic heterocycles. The molecule has 0 saturated heterocycles. The molecule has 0 saturated carbocycles. The van der Waals surface area contributed by atoms with Gasteiger partial charge in [0.15, 0.2) is 0 Å². The van der Waals surface area contributed by atoms with Crippen molar-refractivity contribution in [3.63, 3.8) is 0 Å². The Kier molecular flexibility index (Phi) is 5.12. The number of thioether (sulfide) groups is 1. The number of nitrogens with one attached hydrogen (secondary N) is 1. The Morgan fingerprint density at radius 3 is 2.75 bits per heavy atom. The van der Waals surface area contributed by atoms with Crippen LogP contribution in [-0.4, -0.2) is 21.9 Å². The summed E-state index contributed by atoms with van der Waals surface area (Å²) in [7, 11) is 0. The smallest absolute Gasteiger partial charge is 0.322 e. The Hall–Kier alpha value is -2.38. The average molecular weight is 364 g/mol. The molecule has 0 aliphatic heterocycles. The number of carbonyl (C=O) groups excluding carboxylic acids is 1. The summed E-state index contributed by atoms with van der Waals surface area (Å²) in [5.74, 6) is -0.214. The van der Waals surface area contributed by atoms with Gasteiger partial charge in [0.2, 0.25) is 11.8 Å². The summed E-state index contributed by atoms with van der Waals surface area (Å²) in [6.45, 7) is 0. The van der Waals surface area contributed by atoms with E-state index in [2.05, 4.69) is 15.5 Å². The van der Waals surface area contributed by atoms with E-state index >= 15 is 0 Å². The molecule has 1 amide bonds. The molecular formula is C16H11ClFN3O2S. The summed E-state index contributed by atoms with van der Waals surface area (Å²) < 4.78 is 18.2. The van der Waals surface area contributed by atoms with E-state index in [1.165, 1.54) is 23.9 Å². The maximum atomic E-state index is 12.8. The van der Waals surface area contributed by atoms with Gasteiger partial charge in [-0.2, -0.15) is 0 Å². The highest BCUT2D eigenvalue weighted by molar-refractivity contribution is 8.00. The molecule has 5 nitrogen and oxygen atoms in total. The summed E-state index contributed by atoms with van der Waals surface area (Å²) in [5.41, 5.74) is 0.663. The minimum Gasteiger partial charge on any atom is -0.403 e. The van der Waals surface area contributed by atoms with E-state index in [-0.39, 0.29) is 29.4 Å². The van der Waals surface area contributed by atoms with Gasteiger partial charge in [0, 0.05) is 15.5 Å². The van der Waals surface area contributed by atoms with Crippen LogP contribution in [0.25, 0.3) is 11.5 Å². The van der Waals surface area contributed by atoms with E-state index in [1.54, 1.807) is 36.4 Å². The Labute approximate surface area is 146 Å². The van der Waals surface area contributed by atoms with E-state index in [4.69, 9.17) is 16.0 Å². The van der Waals surface area contributed by atoms with Crippen LogP contribution < -0.4 is 5.32 Å². The first kappa shape index (κ1) is 16.5. The molecule has 0 radical (unpaired) electrons. The number of rotatable bonds is 5. The van der Waals surface area contributed by atoms with Crippen molar-refractivity contribution >= 4 is 35.3 Å². The highest BCUT2D eigenvalue weighted by atomic mass is 35.5. The molecule has 3 aromatic rings. The van der Waals surface area contributed by atoms with Gasteiger partial charge in [-0.3, -0.25) is 10.1 Å². The third-order valence-corrected chi connectivity index (χ3v) is 4.17. The molecular weight excluding hydrogens is 353 g/mol. The van der Waals surface area contributed by atoms with Gasteiger partial charge in [-0.25, -0.2) is 4.39 Å². The molecule has 0 fully saturated rings. The van der Waals surface area contributed by atoms with Crippen molar-refractivity contribution in [3.05, 3.63) is 59.4 Å². The van der Waals surface area contributed by atoms with E-state index < -0.39 is 0 Å². The monoisotopic (exact) mass is 363 g/mol. The third kappa shape index (κ3) is 4.33. The number of anilines is 1. The zero-order valence-corrected chi connectivity index (χ0v) is 13.8. The van der Waals surface area contributed by atoms with Gasteiger partial charge < -0.3 is 4.42 Å². The van der Waals surface area contributed by atoms with Gasteiger partial charge in [-0.1, -0.05) is 22.8 Å². The lowest BCUT2D eigenvalue weighted by Crippen LogP contribution is -2.14. The minimum absolute atomic E-state index is 0.00896. The van der Waals surface area contributed by atoms with Crippen LogP contribution in [0.5, 0.6) is 0 Å². The molecule has 0 unspecified atom stereocenters. The lowest BCUT2D eigenvalue weighted by Gasteiger charge is -2.01. The van der Waals surface area contributed by atoms with Crippen molar-refractivity contribution in [2.24, 2.45) is 0 Å². The lowest BCUT2D eigenvalue weighted by atomic mass is 10.2. The summed E-state index contributed by atoms with van der Waals surface area (Å²) in [6.07, 6.45) is 0. The number of amides is 1. The predicted molar refractivity (Wildman–Crippen MR) is 90.5 cm³/mol.